The molecule has 1 aromatic carbocycles. The van der Waals surface area contributed by atoms with Gasteiger partial charge in [0.2, 0.25) is 5.91 Å². The number of hydrogen-bond donors (Lipinski definition) is 3. The number of primary amides is 1. The molecule has 0 unspecified atom stereocenters. The SMILES string of the molecule is CC[C@@H](C)[C@@H](NC(N)=O)C(=O)Nc1ccc(OC)c(Cl)c1. The summed E-state index contributed by atoms with van der Waals surface area (Å²) in [6.07, 6.45) is 0.724. The molecule has 0 aromatic heterocycles. The zero-order valence-electron chi connectivity index (χ0n) is 12.3. The fourth-order valence-corrected chi connectivity index (χ4v) is 2.08. The largest absolute Gasteiger partial charge is 0.495 e. The molecule has 0 spiro atoms. The topological polar surface area (TPSA) is 93.5 Å². The van der Waals surface area contributed by atoms with Crippen LogP contribution in [0.4, 0.5) is 10.5 Å². The Hall–Kier alpha value is -1.95. The van der Waals surface area contributed by atoms with Gasteiger partial charge in [0, 0.05) is 5.69 Å². The number of halogens is 1. The molecule has 21 heavy (non-hydrogen) atoms. The molecular weight excluding hydrogens is 294 g/mol. The number of benzene rings is 1. The van der Waals surface area contributed by atoms with Gasteiger partial charge in [-0.25, -0.2) is 4.79 Å². The van der Waals surface area contributed by atoms with Crippen molar-refractivity contribution in [3.63, 3.8) is 0 Å². The van der Waals surface area contributed by atoms with E-state index in [2.05, 4.69) is 10.6 Å². The van der Waals surface area contributed by atoms with Crippen molar-refractivity contribution in [2.24, 2.45) is 11.7 Å². The number of methoxy groups -OCH3 is 1. The third-order valence-electron chi connectivity index (χ3n) is 3.21. The third kappa shape index (κ3) is 4.82. The van der Waals surface area contributed by atoms with E-state index in [0.717, 1.165) is 6.42 Å². The molecule has 0 aliphatic heterocycles. The van der Waals surface area contributed by atoms with Gasteiger partial charge in [0.05, 0.1) is 12.1 Å². The Morgan fingerprint density at radius 1 is 1.43 bits per heavy atom. The molecule has 0 bridgehead atoms. The molecule has 1 aromatic rings. The smallest absolute Gasteiger partial charge is 0.312 e. The van der Waals surface area contributed by atoms with Crippen molar-refractivity contribution in [3.8, 4) is 5.75 Å². The number of ether oxygens (including phenoxy) is 1. The summed E-state index contributed by atoms with van der Waals surface area (Å²) in [5.74, 6) is 0.124. The summed E-state index contributed by atoms with van der Waals surface area (Å²) >= 11 is 6.00. The number of carbonyl (C=O) groups is 2. The second-order valence-corrected chi connectivity index (χ2v) is 5.12. The molecule has 0 saturated carbocycles. The van der Waals surface area contributed by atoms with Crippen LogP contribution in [0.25, 0.3) is 0 Å². The van der Waals surface area contributed by atoms with Gasteiger partial charge in [0.15, 0.2) is 0 Å². The molecular formula is C14H20ClN3O3. The molecule has 2 atom stereocenters. The Balaban J connectivity index is 2.85. The molecule has 4 N–H and O–H groups in total. The summed E-state index contributed by atoms with van der Waals surface area (Å²) < 4.78 is 5.04. The first-order valence-electron chi connectivity index (χ1n) is 6.59. The molecule has 0 saturated heterocycles. The maximum atomic E-state index is 12.3. The van der Waals surface area contributed by atoms with Gasteiger partial charge >= 0.3 is 6.03 Å². The van der Waals surface area contributed by atoms with Crippen molar-refractivity contribution in [1.29, 1.82) is 0 Å². The second-order valence-electron chi connectivity index (χ2n) is 4.71. The summed E-state index contributed by atoms with van der Waals surface area (Å²) in [4.78, 5) is 23.3. The van der Waals surface area contributed by atoms with Gasteiger partial charge in [-0.15, -0.1) is 0 Å². The lowest BCUT2D eigenvalue weighted by molar-refractivity contribution is -0.119. The number of nitrogens with one attached hydrogen (secondary N) is 2. The monoisotopic (exact) mass is 313 g/mol. The van der Waals surface area contributed by atoms with E-state index in [1.54, 1.807) is 18.2 Å². The summed E-state index contributed by atoms with van der Waals surface area (Å²) in [6.45, 7) is 3.79. The van der Waals surface area contributed by atoms with Gasteiger partial charge in [0.25, 0.3) is 0 Å². The minimum atomic E-state index is -0.733. The Morgan fingerprint density at radius 2 is 2.10 bits per heavy atom. The molecule has 6 nitrogen and oxygen atoms in total. The minimum absolute atomic E-state index is 0.0498. The van der Waals surface area contributed by atoms with E-state index in [-0.39, 0.29) is 11.8 Å². The Bertz CT molecular complexity index is 522. The zero-order chi connectivity index (χ0) is 16.0. The van der Waals surface area contributed by atoms with E-state index in [1.165, 1.54) is 7.11 Å². The summed E-state index contributed by atoms with van der Waals surface area (Å²) in [7, 11) is 1.51. The quantitative estimate of drug-likeness (QED) is 0.752. The Kier molecular flexibility index (Phi) is 6.30. The number of carbonyl (C=O) groups excluding carboxylic acids is 2. The van der Waals surface area contributed by atoms with Crippen molar-refractivity contribution in [3.05, 3.63) is 23.2 Å². The highest BCUT2D eigenvalue weighted by Crippen LogP contribution is 2.27. The van der Waals surface area contributed by atoms with Crippen molar-refractivity contribution < 1.29 is 14.3 Å². The van der Waals surface area contributed by atoms with Crippen molar-refractivity contribution in [2.75, 3.05) is 12.4 Å². The van der Waals surface area contributed by atoms with Gasteiger partial charge < -0.3 is 21.1 Å². The van der Waals surface area contributed by atoms with Gasteiger partial charge in [0.1, 0.15) is 11.8 Å². The number of hydrogen-bond acceptors (Lipinski definition) is 3. The lowest BCUT2D eigenvalue weighted by Gasteiger charge is -2.22. The molecule has 0 heterocycles. The standard InChI is InChI=1S/C14H20ClN3O3/c1-4-8(2)12(18-14(16)20)13(19)17-9-5-6-11(21-3)10(15)7-9/h5-8,12H,4H2,1-3H3,(H,17,19)(H3,16,18,20)/t8-,12-/m1/s1. The molecule has 0 aliphatic carbocycles. The lowest BCUT2D eigenvalue weighted by atomic mass is 9.98. The fraction of sp³-hybridized carbons (Fsp3) is 0.429. The highest BCUT2D eigenvalue weighted by Gasteiger charge is 2.25. The van der Waals surface area contributed by atoms with Crippen LogP contribution in [0.3, 0.4) is 0 Å². The summed E-state index contributed by atoms with van der Waals surface area (Å²) in [6, 6.07) is 3.46. The number of nitrogens with two attached hydrogens (primary N) is 1. The average molecular weight is 314 g/mol. The van der Waals surface area contributed by atoms with Crippen molar-refractivity contribution in [2.45, 2.75) is 26.3 Å². The number of urea groups is 1. The molecule has 0 aliphatic rings. The van der Waals surface area contributed by atoms with Gasteiger partial charge in [-0.3, -0.25) is 4.79 Å². The first kappa shape index (κ1) is 17.1. The normalized spacial score (nSPS) is 13.1. The van der Waals surface area contributed by atoms with Crippen LogP contribution in [-0.4, -0.2) is 25.1 Å². The van der Waals surface area contributed by atoms with E-state index < -0.39 is 12.1 Å². The molecule has 0 fully saturated rings. The maximum Gasteiger partial charge on any atom is 0.312 e. The molecule has 3 amide bonds. The molecule has 7 heteroatoms. The minimum Gasteiger partial charge on any atom is -0.495 e. The molecule has 1 rings (SSSR count). The first-order chi connectivity index (χ1) is 9.88. The fourth-order valence-electron chi connectivity index (χ4n) is 1.82. The van der Waals surface area contributed by atoms with Crippen LogP contribution in [0.5, 0.6) is 5.75 Å². The van der Waals surface area contributed by atoms with Crippen LogP contribution in [0.15, 0.2) is 18.2 Å². The van der Waals surface area contributed by atoms with E-state index in [0.29, 0.717) is 16.5 Å². The lowest BCUT2D eigenvalue weighted by Crippen LogP contribution is -2.49. The van der Waals surface area contributed by atoms with Gasteiger partial charge in [-0.05, 0) is 24.1 Å². The van der Waals surface area contributed by atoms with Gasteiger partial charge in [-0.1, -0.05) is 31.9 Å². The van der Waals surface area contributed by atoms with Crippen LogP contribution < -0.4 is 21.1 Å². The van der Waals surface area contributed by atoms with Crippen LogP contribution in [-0.2, 0) is 4.79 Å². The van der Waals surface area contributed by atoms with Crippen molar-refractivity contribution in [1.82, 2.24) is 5.32 Å². The first-order valence-corrected chi connectivity index (χ1v) is 6.97. The summed E-state index contributed by atoms with van der Waals surface area (Å²) in [5.41, 5.74) is 5.63. The molecule has 0 radical (unpaired) electrons. The van der Waals surface area contributed by atoms with E-state index in [9.17, 15) is 9.59 Å². The van der Waals surface area contributed by atoms with E-state index >= 15 is 0 Å². The van der Waals surface area contributed by atoms with E-state index in [1.807, 2.05) is 13.8 Å². The van der Waals surface area contributed by atoms with Gasteiger partial charge in [-0.2, -0.15) is 0 Å². The average Bonchev–Trinajstić information content (AvgIpc) is 2.43. The number of rotatable bonds is 6. The predicted molar refractivity (Wildman–Crippen MR) is 82.6 cm³/mol. The van der Waals surface area contributed by atoms with Crippen LogP contribution in [0, 0.1) is 5.92 Å². The predicted octanol–water partition coefficient (Wildman–Crippen LogP) is 2.37. The Morgan fingerprint density at radius 3 is 2.57 bits per heavy atom. The Labute approximate surface area is 129 Å². The maximum absolute atomic E-state index is 12.3. The highest BCUT2D eigenvalue weighted by molar-refractivity contribution is 6.32. The highest BCUT2D eigenvalue weighted by atomic mass is 35.5. The van der Waals surface area contributed by atoms with Crippen LogP contribution in [0.2, 0.25) is 5.02 Å². The van der Waals surface area contributed by atoms with Crippen LogP contribution in [0.1, 0.15) is 20.3 Å². The number of anilines is 1. The summed E-state index contributed by atoms with van der Waals surface area (Å²) in [5, 5.41) is 5.55. The third-order valence-corrected chi connectivity index (χ3v) is 3.51. The zero-order valence-corrected chi connectivity index (χ0v) is 13.0. The second kappa shape index (κ2) is 7.73. The number of amides is 3. The van der Waals surface area contributed by atoms with Crippen molar-refractivity contribution >= 4 is 29.2 Å². The molecule has 116 valence electrons. The van der Waals surface area contributed by atoms with E-state index in [4.69, 9.17) is 22.1 Å². The van der Waals surface area contributed by atoms with Crippen LogP contribution >= 0.6 is 11.6 Å².